The molecule has 0 N–H and O–H groups in total. The normalized spacial score (nSPS) is 18.8. The van der Waals surface area contributed by atoms with Crippen LogP contribution in [0.5, 0.6) is 0 Å². The second kappa shape index (κ2) is 5.21. The van der Waals surface area contributed by atoms with E-state index in [1.807, 2.05) is 24.3 Å². The van der Waals surface area contributed by atoms with E-state index in [1.54, 1.807) is 0 Å². The molecule has 0 aliphatic carbocycles. The number of rotatable bonds is 4. The molecule has 0 amide bonds. The molecule has 1 aliphatic rings. The van der Waals surface area contributed by atoms with Gasteiger partial charge in [0.15, 0.2) is 0 Å². The highest BCUT2D eigenvalue weighted by Crippen LogP contribution is 2.40. The molecule has 110 valence electrons. The molecule has 1 heterocycles. The summed E-state index contributed by atoms with van der Waals surface area (Å²) in [5, 5.41) is 0. The third-order valence-corrected chi connectivity index (χ3v) is 4.52. The Labute approximate surface area is 121 Å². The van der Waals surface area contributed by atoms with E-state index in [2.05, 4.69) is 34.6 Å². The van der Waals surface area contributed by atoms with Crippen molar-refractivity contribution in [2.24, 2.45) is 5.41 Å². The van der Waals surface area contributed by atoms with Crippen molar-refractivity contribution in [3.63, 3.8) is 0 Å². The molecule has 1 fully saturated rings. The van der Waals surface area contributed by atoms with Crippen molar-refractivity contribution in [1.82, 2.24) is 0 Å². The Balaban J connectivity index is 2.07. The van der Waals surface area contributed by atoms with Crippen LogP contribution in [0.1, 0.15) is 50.5 Å². The lowest BCUT2D eigenvalue weighted by Gasteiger charge is -2.39. The Morgan fingerprint density at radius 3 is 2.20 bits per heavy atom. The van der Waals surface area contributed by atoms with Crippen molar-refractivity contribution in [2.45, 2.75) is 46.1 Å². The monoisotopic (exact) mass is 276 g/mol. The van der Waals surface area contributed by atoms with Gasteiger partial charge in [-0.15, -0.1) is 0 Å². The predicted octanol–water partition coefficient (Wildman–Crippen LogP) is 3.57. The van der Waals surface area contributed by atoms with Crippen LogP contribution >= 0.6 is 0 Å². The molecule has 0 bridgehead atoms. The van der Waals surface area contributed by atoms with Gasteiger partial charge in [-0.1, -0.05) is 46.8 Å². The summed E-state index contributed by atoms with van der Waals surface area (Å²) in [6.07, 6.45) is 0.109. The van der Waals surface area contributed by atoms with Crippen LogP contribution < -0.4 is 0 Å². The third-order valence-electron chi connectivity index (χ3n) is 4.52. The van der Waals surface area contributed by atoms with E-state index in [9.17, 15) is 4.79 Å². The molecule has 1 aromatic rings. The smallest absolute Gasteiger partial charge is 0.338 e. The average molecular weight is 276 g/mol. The van der Waals surface area contributed by atoms with Gasteiger partial charge < -0.3 is 9.47 Å². The number of epoxide rings is 1. The number of benzene rings is 1. The average Bonchev–Trinajstić information content (AvgIpc) is 3.19. The minimum atomic E-state index is -0.277. The van der Waals surface area contributed by atoms with E-state index in [1.165, 1.54) is 5.56 Å². The molecular weight excluding hydrogens is 252 g/mol. The SMILES string of the molecule is CC(C)(C)C(C)(C)c1ccc(C(=O)OCC2CO2)cc1. The Morgan fingerprint density at radius 2 is 1.75 bits per heavy atom. The quantitative estimate of drug-likeness (QED) is 0.623. The number of hydrogen-bond donors (Lipinski definition) is 0. The second-order valence-corrected chi connectivity index (χ2v) is 7.01. The summed E-state index contributed by atoms with van der Waals surface area (Å²) in [6.45, 7) is 12.2. The molecule has 1 saturated heterocycles. The molecule has 0 spiro atoms. The summed E-state index contributed by atoms with van der Waals surface area (Å²) in [4.78, 5) is 11.9. The van der Waals surface area contributed by atoms with Gasteiger partial charge in [0, 0.05) is 0 Å². The first-order valence-electron chi connectivity index (χ1n) is 7.11. The largest absolute Gasteiger partial charge is 0.459 e. The van der Waals surface area contributed by atoms with Crippen molar-refractivity contribution < 1.29 is 14.3 Å². The molecule has 3 nitrogen and oxygen atoms in total. The molecule has 20 heavy (non-hydrogen) atoms. The molecule has 2 rings (SSSR count). The van der Waals surface area contributed by atoms with Crippen molar-refractivity contribution in [3.05, 3.63) is 35.4 Å². The van der Waals surface area contributed by atoms with Gasteiger partial charge in [-0.2, -0.15) is 0 Å². The molecule has 1 aliphatic heterocycles. The van der Waals surface area contributed by atoms with Crippen molar-refractivity contribution in [1.29, 1.82) is 0 Å². The first kappa shape index (κ1) is 15.0. The van der Waals surface area contributed by atoms with Gasteiger partial charge >= 0.3 is 5.97 Å². The highest BCUT2D eigenvalue weighted by molar-refractivity contribution is 5.89. The van der Waals surface area contributed by atoms with Gasteiger partial charge in [-0.3, -0.25) is 0 Å². The fraction of sp³-hybridized carbons (Fsp3) is 0.588. The minimum absolute atomic E-state index is 0.0390. The summed E-state index contributed by atoms with van der Waals surface area (Å²) in [7, 11) is 0. The number of carbonyl (C=O) groups excluding carboxylic acids is 1. The van der Waals surface area contributed by atoms with Crippen LogP contribution in [-0.2, 0) is 14.9 Å². The van der Waals surface area contributed by atoms with Crippen molar-refractivity contribution in [3.8, 4) is 0 Å². The number of ether oxygens (including phenoxy) is 2. The number of carbonyl (C=O) groups is 1. The maximum Gasteiger partial charge on any atom is 0.338 e. The van der Waals surface area contributed by atoms with Gasteiger partial charge in [0.25, 0.3) is 0 Å². The van der Waals surface area contributed by atoms with Crippen LogP contribution in [0.3, 0.4) is 0 Å². The zero-order chi connectivity index (χ0) is 15.0. The first-order chi connectivity index (χ1) is 9.22. The van der Waals surface area contributed by atoms with Crippen LogP contribution in [0.25, 0.3) is 0 Å². The number of esters is 1. The highest BCUT2D eigenvalue weighted by atomic mass is 16.6. The first-order valence-corrected chi connectivity index (χ1v) is 7.11. The van der Waals surface area contributed by atoms with E-state index < -0.39 is 0 Å². The third kappa shape index (κ3) is 3.21. The van der Waals surface area contributed by atoms with Gasteiger partial charge in [0.05, 0.1) is 12.2 Å². The zero-order valence-electron chi connectivity index (χ0n) is 13.0. The summed E-state index contributed by atoms with van der Waals surface area (Å²) in [5.41, 5.74) is 2.02. The Kier molecular flexibility index (Phi) is 3.92. The van der Waals surface area contributed by atoms with E-state index in [0.29, 0.717) is 18.8 Å². The Morgan fingerprint density at radius 1 is 1.20 bits per heavy atom. The van der Waals surface area contributed by atoms with Crippen LogP contribution in [0.4, 0.5) is 0 Å². The van der Waals surface area contributed by atoms with E-state index >= 15 is 0 Å². The predicted molar refractivity (Wildman–Crippen MR) is 78.9 cm³/mol. The van der Waals surface area contributed by atoms with Crippen LogP contribution in [-0.4, -0.2) is 25.3 Å². The van der Waals surface area contributed by atoms with Gasteiger partial charge in [0.2, 0.25) is 0 Å². The molecule has 0 radical (unpaired) electrons. The lowest BCUT2D eigenvalue weighted by molar-refractivity contribution is 0.0476. The highest BCUT2D eigenvalue weighted by Gasteiger charge is 2.34. The molecular formula is C17H24O3. The fourth-order valence-corrected chi connectivity index (χ4v) is 1.87. The second-order valence-electron chi connectivity index (χ2n) is 7.01. The maximum absolute atomic E-state index is 11.9. The standard InChI is InChI=1S/C17H24O3/c1-16(2,3)17(4,5)13-8-6-12(7-9-13)15(18)20-11-14-10-19-14/h6-9,14H,10-11H2,1-5H3. The van der Waals surface area contributed by atoms with Crippen LogP contribution in [0.2, 0.25) is 0 Å². The number of hydrogen-bond acceptors (Lipinski definition) is 3. The fourth-order valence-electron chi connectivity index (χ4n) is 1.87. The van der Waals surface area contributed by atoms with Crippen molar-refractivity contribution in [2.75, 3.05) is 13.2 Å². The zero-order valence-corrected chi connectivity index (χ0v) is 13.0. The molecule has 1 atom stereocenters. The summed E-state index contributed by atoms with van der Waals surface area (Å²) >= 11 is 0. The van der Waals surface area contributed by atoms with E-state index in [4.69, 9.17) is 9.47 Å². The molecule has 0 saturated carbocycles. The lowest BCUT2D eigenvalue weighted by atomic mass is 9.65. The van der Waals surface area contributed by atoms with Crippen LogP contribution in [0.15, 0.2) is 24.3 Å². The van der Waals surface area contributed by atoms with E-state index in [-0.39, 0.29) is 22.9 Å². The van der Waals surface area contributed by atoms with Crippen LogP contribution in [0, 0.1) is 5.41 Å². The topological polar surface area (TPSA) is 38.8 Å². The van der Waals surface area contributed by atoms with Gasteiger partial charge in [-0.25, -0.2) is 4.79 Å². The summed E-state index contributed by atoms with van der Waals surface area (Å²) in [6, 6.07) is 7.74. The molecule has 3 heteroatoms. The molecule has 1 unspecified atom stereocenters. The minimum Gasteiger partial charge on any atom is -0.459 e. The van der Waals surface area contributed by atoms with Gasteiger partial charge in [-0.05, 0) is 28.5 Å². The summed E-state index contributed by atoms with van der Waals surface area (Å²) in [5.74, 6) is -0.277. The molecule has 1 aromatic carbocycles. The maximum atomic E-state index is 11.9. The van der Waals surface area contributed by atoms with Crippen molar-refractivity contribution >= 4 is 5.97 Å². The lowest BCUT2D eigenvalue weighted by Crippen LogP contribution is -2.33. The summed E-state index contributed by atoms with van der Waals surface area (Å²) < 4.78 is 10.2. The van der Waals surface area contributed by atoms with Gasteiger partial charge in [0.1, 0.15) is 12.7 Å². The molecule has 0 aromatic heterocycles. The van der Waals surface area contributed by atoms with E-state index in [0.717, 1.165) is 0 Å². The Bertz CT molecular complexity index is 476. The Hall–Kier alpha value is -1.35.